The Labute approximate surface area is 98.9 Å². The molecule has 0 radical (unpaired) electrons. The van der Waals surface area contributed by atoms with Gasteiger partial charge in [0.2, 0.25) is 11.3 Å². The van der Waals surface area contributed by atoms with Gasteiger partial charge in [0.1, 0.15) is 6.61 Å². The minimum absolute atomic E-state index is 0. The van der Waals surface area contributed by atoms with Crippen molar-refractivity contribution in [3.05, 3.63) is 42.1 Å². The number of anilines is 1. The highest BCUT2D eigenvalue weighted by Crippen LogP contribution is 2.11. The first-order valence-electron chi connectivity index (χ1n) is 4.60. The van der Waals surface area contributed by atoms with Crippen LogP contribution >= 0.6 is 0 Å². The molecule has 0 spiro atoms. The van der Waals surface area contributed by atoms with Crippen LogP contribution in [0.25, 0.3) is 0 Å². The highest BCUT2D eigenvalue weighted by atomic mass is 35.5. The molecule has 0 aliphatic carbocycles. The molecule has 0 unspecified atom stereocenters. The van der Waals surface area contributed by atoms with E-state index in [-0.39, 0.29) is 30.9 Å². The number of benzene rings is 1. The number of nitrogens with two attached hydrogens (primary N) is 1. The van der Waals surface area contributed by atoms with Gasteiger partial charge < -0.3 is 23.2 Å². The summed E-state index contributed by atoms with van der Waals surface area (Å²) in [5, 5.41) is 13.0. The largest absolute Gasteiger partial charge is 1.00 e. The van der Waals surface area contributed by atoms with Crippen molar-refractivity contribution in [2.45, 2.75) is 6.04 Å². The predicted molar refractivity (Wildman–Crippen MR) is 52.8 cm³/mol. The molecule has 0 fully saturated rings. The number of aliphatic hydroxyl groups excluding tert-OH is 1. The third kappa shape index (κ3) is 2.50. The number of rotatable bonds is 3. The van der Waals surface area contributed by atoms with Gasteiger partial charge in [0.05, 0.1) is 0 Å². The molecule has 1 aromatic carbocycles. The number of nitrogen functional groups attached to an aromatic ring is 1. The summed E-state index contributed by atoms with van der Waals surface area (Å²) >= 11 is 0. The molecular formula is C10H12ClN3O2. The molecule has 1 aromatic heterocycles. The summed E-state index contributed by atoms with van der Waals surface area (Å²) in [6, 6.07) is 9.30. The Kier molecular flexibility index (Phi) is 4.28. The van der Waals surface area contributed by atoms with E-state index in [0.29, 0.717) is 0 Å². The van der Waals surface area contributed by atoms with Crippen molar-refractivity contribution in [1.29, 1.82) is 0 Å². The molecule has 0 aliphatic heterocycles. The second kappa shape index (κ2) is 5.48. The van der Waals surface area contributed by atoms with E-state index in [1.165, 1.54) is 4.68 Å². The van der Waals surface area contributed by atoms with E-state index in [9.17, 15) is 5.11 Å². The van der Waals surface area contributed by atoms with Gasteiger partial charge in [-0.3, -0.25) is 4.52 Å². The smallest absolute Gasteiger partial charge is 0.293 e. The second-order valence-corrected chi connectivity index (χ2v) is 3.19. The van der Waals surface area contributed by atoms with Gasteiger partial charge in [-0.1, -0.05) is 30.3 Å². The van der Waals surface area contributed by atoms with Crippen LogP contribution in [-0.2, 0) is 0 Å². The standard InChI is InChI=1S/C10H12N3O2.ClH/c11-10-6-13(12-15-10)9(7-14)8-4-2-1-3-5-8;/h1-6,9,14H,7,11H2;1H/q+1;/p-1/t9-;/m1./s1. The summed E-state index contributed by atoms with van der Waals surface area (Å²) in [5.74, 6) is 0.226. The maximum Gasteiger partial charge on any atom is 0.293 e. The lowest BCUT2D eigenvalue weighted by molar-refractivity contribution is -0.778. The summed E-state index contributed by atoms with van der Waals surface area (Å²) < 4.78 is 6.25. The van der Waals surface area contributed by atoms with Crippen molar-refractivity contribution in [2.75, 3.05) is 12.3 Å². The van der Waals surface area contributed by atoms with E-state index in [4.69, 9.17) is 10.3 Å². The number of aromatic nitrogens is 2. The lowest BCUT2D eigenvalue weighted by atomic mass is 10.1. The molecule has 0 bridgehead atoms. The van der Waals surface area contributed by atoms with Crippen molar-refractivity contribution >= 4 is 5.88 Å². The third-order valence-electron chi connectivity index (χ3n) is 2.18. The van der Waals surface area contributed by atoms with Crippen molar-refractivity contribution in [3.63, 3.8) is 0 Å². The Morgan fingerprint density at radius 1 is 1.38 bits per heavy atom. The number of halogens is 1. The van der Waals surface area contributed by atoms with Crippen LogP contribution in [0.4, 0.5) is 5.88 Å². The first kappa shape index (κ1) is 12.5. The van der Waals surface area contributed by atoms with Crippen molar-refractivity contribution in [2.24, 2.45) is 0 Å². The molecule has 0 amide bonds. The molecule has 0 aliphatic rings. The molecule has 1 atom stereocenters. The third-order valence-corrected chi connectivity index (χ3v) is 2.18. The van der Waals surface area contributed by atoms with Gasteiger partial charge in [-0.15, -0.1) is 0 Å². The molecule has 5 nitrogen and oxygen atoms in total. The van der Waals surface area contributed by atoms with Crippen LogP contribution in [0, 0.1) is 0 Å². The van der Waals surface area contributed by atoms with Crippen molar-refractivity contribution in [1.82, 2.24) is 5.27 Å². The SMILES string of the molecule is Nc1c[n+]([C@H](CO)c2ccccc2)no1.[Cl-]. The van der Waals surface area contributed by atoms with Gasteiger partial charge in [0, 0.05) is 5.56 Å². The fourth-order valence-electron chi connectivity index (χ4n) is 1.44. The summed E-state index contributed by atoms with van der Waals surface area (Å²) in [6.07, 6.45) is 1.55. The van der Waals surface area contributed by atoms with E-state index < -0.39 is 0 Å². The Bertz CT molecular complexity index is 433. The van der Waals surface area contributed by atoms with E-state index in [2.05, 4.69) is 5.27 Å². The molecular weight excluding hydrogens is 230 g/mol. The molecule has 1 heterocycles. The van der Waals surface area contributed by atoms with Gasteiger partial charge in [0.25, 0.3) is 12.1 Å². The van der Waals surface area contributed by atoms with E-state index in [1.807, 2.05) is 30.3 Å². The van der Waals surface area contributed by atoms with Crippen LogP contribution in [-0.4, -0.2) is 17.0 Å². The number of hydrogen-bond donors (Lipinski definition) is 2. The predicted octanol–water partition coefficient (Wildman–Crippen LogP) is -2.87. The van der Waals surface area contributed by atoms with E-state index in [0.717, 1.165) is 5.56 Å². The number of aliphatic hydroxyl groups is 1. The Morgan fingerprint density at radius 3 is 2.56 bits per heavy atom. The summed E-state index contributed by atoms with van der Waals surface area (Å²) in [7, 11) is 0. The molecule has 86 valence electrons. The average Bonchev–Trinajstić information content (AvgIpc) is 2.68. The molecule has 2 rings (SSSR count). The van der Waals surface area contributed by atoms with E-state index in [1.54, 1.807) is 6.20 Å². The number of nitrogens with zero attached hydrogens (tertiary/aromatic N) is 2. The van der Waals surface area contributed by atoms with Gasteiger partial charge in [0.15, 0.2) is 0 Å². The molecule has 0 saturated carbocycles. The first-order valence-corrected chi connectivity index (χ1v) is 4.60. The van der Waals surface area contributed by atoms with Gasteiger partial charge in [-0.25, -0.2) is 0 Å². The van der Waals surface area contributed by atoms with E-state index >= 15 is 0 Å². The van der Waals surface area contributed by atoms with Crippen LogP contribution in [0.5, 0.6) is 0 Å². The fourth-order valence-corrected chi connectivity index (χ4v) is 1.44. The second-order valence-electron chi connectivity index (χ2n) is 3.19. The molecule has 2 aromatic rings. The monoisotopic (exact) mass is 241 g/mol. The first-order chi connectivity index (χ1) is 7.31. The maximum atomic E-state index is 9.30. The van der Waals surface area contributed by atoms with Gasteiger partial charge in [-0.05, 0) is 4.68 Å². The zero-order valence-corrected chi connectivity index (χ0v) is 9.21. The summed E-state index contributed by atoms with van der Waals surface area (Å²) in [5.41, 5.74) is 6.37. The van der Waals surface area contributed by atoms with Gasteiger partial charge >= 0.3 is 0 Å². The Hall–Kier alpha value is -1.59. The zero-order valence-electron chi connectivity index (χ0n) is 8.45. The summed E-state index contributed by atoms with van der Waals surface area (Å²) in [6.45, 7) is -0.0549. The maximum absolute atomic E-state index is 9.30. The van der Waals surface area contributed by atoms with Crippen molar-refractivity contribution < 1.29 is 26.7 Å². The van der Waals surface area contributed by atoms with Crippen LogP contribution in [0.1, 0.15) is 11.6 Å². The Morgan fingerprint density at radius 2 is 2.06 bits per heavy atom. The van der Waals surface area contributed by atoms with Crippen molar-refractivity contribution in [3.8, 4) is 0 Å². The van der Waals surface area contributed by atoms with Crippen LogP contribution in [0.3, 0.4) is 0 Å². The topological polar surface area (TPSA) is 76.2 Å². The Balaban J connectivity index is 0.00000128. The fraction of sp³-hybridized carbons (Fsp3) is 0.200. The molecule has 6 heteroatoms. The van der Waals surface area contributed by atoms with Crippen LogP contribution in [0.15, 0.2) is 41.1 Å². The highest BCUT2D eigenvalue weighted by molar-refractivity contribution is 5.17. The lowest BCUT2D eigenvalue weighted by Gasteiger charge is -2.03. The van der Waals surface area contributed by atoms with Crippen LogP contribution < -0.4 is 22.8 Å². The minimum atomic E-state index is -0.257. The molecule has 16 heavy (non-hydrogen) atoms. The normalized spacial score (nSPS) is 11.8. The van der Waals surface area contributed by atoms with Crippen LogP contribution in [0.2, 0.25) is 0 Å². The summed E-state index contributed by atoms with van der Waals surface area (Å²) in [4.78, 5) is 0. The van der Waals surface area contributed by atoms with Gasteiger partial charge in [-0.2, -0.15) is 0 Å². The lowest BCUT2D eigenvalue weighted by Crippen LogP contribution is -3.00. The quantitative estimate of drug-likeness (QED) is 0.567. The number of hydrogen-bond acceptors (Lipinski definition) is 4. The average molecular weight is 242 g/mol. The molecule has 0 saturated heterocycles. The highest BCUT2D eigenvalue weighted by Gasteiger charge is 2.24. The molecule has 3 N–H and O–H groups in total. The minimum Gasteiger partial charge on any atom is -1.00 e. The zero-order chi connectivity index (χ0) is 10.7.